The minimum absolute atomic E-state index is 0.364. The number of nitrogens with zero attached hydrogens (tertiary/aromatic N) is 1. The van der Waals surface area contributed by atoms with E-state index >= 15 is 0 Å². The first-order valence-electron chi connectivity index (χ1n) is 6.76. The van der Waals surface area contributed by atoms with Gasteiger partial charge < -0.3 is 5.73 Å². The van der Waals surface area contributed by atoms with Gasteiger partial charge in [0.25, 0.3) is 0 Å². The van der Waals surface area contributed by atoms with Gasteiger partial charge in [-0.2, -0.15) is 0 Å². The van der Waals surface area contributed by atoms with Gasteiger partial charge in [0.15, 0.2) is 0 Å². The lowest BCUT2D eigenvalue weighted by molar-refractivity contribution is 0.251. The summed E-state index contributed by atoms with van der Waals surface area (Å²) in [5.41, 5.74) is 8.76. The van der Waals surface area contributed by atoms with E-state index in [0.717, 1.165) is 12.5 Å². The Balaban J connectivity index is 2.07. The molecule has 0 saturated heterocycles. The summed E-state index contributed by atoms with van der Waals surface area (Å²) in [5.74, 6) is 0.841. The number of benzene rings is 1. The summed E-state index contributed by atoms with van der Waals surface area (Å²) in [7, 11) is 2.16. The maximum atomic E-state index is 5.90. The molecule has 2 rings (SSSR count). The Kier molecular flexibility index (Phi) is 4.19. The lowest BCUT2D eigenvalue weighted by Gasteiger charge is -2.27. The van der Waals surface area contributed by atoms with Gasteiger partial charge in [-0.25, -0.2) is 0 Å². The molecule has 1 aromatic carbocycles. The highest BCUT2D eigenvalue weighted by Crippen LogP contribution is 2.40. The second-order valence-electron chi connectivity index (χ2n) is 5.17. The van der Waals surface area contributed by atoms with Gasteiger partial charge in [0.05, 0.1) is 0 Å². The van der Waals surface area contributed by atoms with Crippen LogP contribution in [0.2, 0.25) is 0 Å². The lowest BCUT2D eigenvalue weighted by atomic mass is 10.0. The van der Waals surface area contributed by atoms with Crippen molar-refractivity contribution >= 4 is 0 Å². The first-order chi connectivity index (χ1) is 8.26. The van der Waals surface area contributed by atoms with Crippen molar-refractivity contribution < 1.29 is 0 Å². The van der Waals surface area contributed by atoms with Gasteiger partial charge in [0, 0.05) is 12.6 Å². The van der Waals surface area contributed by atoms with Crippen molar-refractivity contribution in [3.8, 4) is 0 Å². The van der Waals surface area contributed by atoms with Crippen LogP contribution in [0.4, 0.5) is 0 Å². The molecule has 1 aliphatic carbocycles. The fourth-order valence-corrected chi connectivity index (χ4v) is 2.49. The Morgan fingerprint density at radius 1 is 1.29 bits per heavy atom. The molecule has 1 aromatic rings. The fourth-order valence-electron chi connectivity index (χ4n) is 2.49. The van der Waals surface area contributed by atoms with Crippen LogP contribution < -0.4 is 5.73 Å². The topological polar surface area (TPSA) is 29.3 Å². The van der Waals surface area contributed by atoms with E-state index in [1.54, 1.807) is 0 Å². The van der Waals surface area contributed by atoms with E-state index in [1.165, 1.54) is 30.4 Å². The van der Waals surface area contributed by atoms with Gasteiger partial charge in [0.1, 0.15) is 0 Å². The smallest absolute Gasteiger partial charge is 0.0467 e. The summed E-state index contributed by atoms with van der Waals surface area (Å²) in [6, 6.07) is 9.46. The molecule has 2 heteroatoms. The summed E-state index contributed by atoms with van der Waals surface area (Å²) in [6.07, 6.45) is 3.91. The van der Waals surface area contributed by atoms with E-state index in [2.05, 4.69) is 43.1 Å². The Hall–Kier alpha value is -0.860. The maximum Gasteiger partial charge on any atom is 0.0467 e. The van der Waals surface area contributed by atoms with E-state index < -0.39 is 0 Å². The van der Waals surface area contributed by atoms with E-state index in [0.29, 0.717) is 12.6 Å². The van der Waals surface area contributed by atoms with E-state index in [1.807, 2.05) is 0 Å². The van der Waals surface area contributed by atoms with Crippen LogP contribution in [0.3, 0.4) is 0 Å². The monoisotopic (exact) mass is 232 g/mol. The number of nitrogens with two attached hydrogens (primary N) is 1. The average molecular weight is 232 g/mol. The highest BCUT2D eigenvalue weighted by Gasteiger charge is 2.23. The highest BCUT2D eigenvalue weighted by atomic mass is 15.1. The second-order valence-corrected chi connectivity index (χ2v) is 5.17. The predicted molar refractivity (Wildman–Crippen MR) is 73.1 cm³/mol. The van der Waals surface area contributed by atoms with Crippen molar-refractivity contribution in [1.82, 2.24) is 4.90 Å². The normalized spacial score (nSPS) is 17.4. The van der Waals surface area contributed by atoms with Crippen LogP contribution in [0, 0.1) is 0 Å². The molecule has 0 radical (unpaired) electrons. The van der Waals surface area contributed by atoms with Crippen LogP contribution >= 0.6 is 0 Å². The SMILES string of the molecule is CCCN(C)C(CN)c1ccc(C2CC2)cc1. The third-order valence-electron chi connectivity index (χ3n) is 3.70. The maximum absolute atomic E-state index is 5.90. The molecule has 0 aromatic heterocycles. The van der Waals surface area contributed by atoms with Crippen LogP contribution in [-0.4, -0.2) is 25.0 Å². The molecule has 0 spiro atoms. The molecule has 94 valence electrons. The van der Waals surface area contributed by atoms with Gasteiger partial charge in [-0.1, -0.05) is 31.2 Å². The van der Waals surface area contributed by atoms with Crippen LogP contribution in [0.15, 0.2) is 24.3 Å². The lowest BCUT2D eigenvalue weighted by Crippen LogP contribution is -2.31. The summed E-state index contributed by atoms with van der Waals surface area (Å²) in [5, 5.41) is 0. The molecule has 0 heterocycles. The average Bonchev–Trinajstić information content (AvgIpc) is 3.15. The largest absolute Gasteiger partial charge is 0.329 e. The molecule has 1 saturated carbocycles. The zero-order valence-electron chi connectivity index (χ0n) is 11.0. The molecular weight excluding hydrogens is 208 g/mol. The Labute approximate surface area is 105 Å². The highest BCUT2D eigenvalue weighted by molar-refractivity contribution is 5.29. The molecule has 2 N–H and O–H groups in total. The van der Waals surface area contributed by atoms with Crippen LogP contribution in [0.1, 0.15) is 49.3 Å². The summed E-state index contributed by atoms with van der Waals surface area (Å²) < 4.78 is 0. The number of likely N-dealkylation sites (N-methyl/N-ethyl adjacent to an activating group) is 1. The number of hydrogen-bond donors (Lipinski definition) is 1. The molecule has 0 amide bonds. The van der Waals surface area contributed by atoms with Crippen molar-refractivity contribution in [3.63, 3.8) is 0 Å². The van der Waals surface area contributed by atoms with Gasteiger partial charge in [-0.15, -0.1) is 0 Å². The Morgan fingerprint density at radius 2 is 1.94 bits per heavy atom. The van der Waals surface area contributed by atoms with Gasteiger partial charge in [0.2, 0.25) is 0 Å². The van der Waals surface area contributed by atoms with Crippen molar-refractivity contribution in [2.24, 2.45) is 5.73 Å². The number of hydrogen-bond acceptors (Lipinski definition) is 2. The molecule has 1 fully saturated rings. The fraction of sp³-hybridized carbons (Fsp3) is 0.600. The molecule has 0 bridgehead atoms. The van der Waals surface area contributed by atoms with E-state index in [-0.39, 0.29) is 0 Å². The standard InChI is InChI=1S/C15H24N2/c1-3-10-17(2)15(11-16)14-8-6-13(7-9-14)12-4-5-12/h6-9,12,15H,3-5,10-11,16H2,1-2H3. The molecule has 1 unspecified atom stereocenters. The first-order valence-corrected chi connectivity index (χ1v) is 6.76. The van der Waals surface area contributed by atoms with Crippen molar-refractivity contribution in [1.29, 1.82) is 0 Å². The Morgan fingerprint density at radius 3 is 2.41 bits per heavy atom. The molecular formula is C15H24N2. The molecule has 17 heavy (non-hydrogen) atoms. The third kappa shape index (κ3) is 3.08. The molecule has 1 atom stereocenters. The molecule has 0 aliphatic heterocycles. The van der Waals surface area contributed by atoms with Crippen molar-refractivity contribution in [2.75, 3.05) is 20.1 Å². The summed E-state index contributed by atoms with van der Waals surface area (Å²) in [4.78, 5) is 2.35. The molecule has 2 nitrogen and oxygen atoms in total. The van der Waals surface area contributed by atoms with Gasteiger partial charge >= 0.3 is 0 Å². The van der Waals surface area contributed by atoms with E-state index in [4.69, 9.17) is 5.73 Å². The third-order valence-corrected chi connectivity index (χ3v) is 3.70. The number of rotatable bonds is 6. The summed E-state index contributed by atoms with van der Waals surface area (Å²) >= 11 is 0. The van der Waals surface area contributed by atoms with Crippen LogP contribution in [0.25, 0.3) is 0 Å². The van der Waals surface area contributed by atoms with Crippen LogP contribution in [0.5, 0.6) is 0 Å². The van der Waals surface area contributed by atoms with Gasteiger partial charge in [-0.3, -0.25) is 4.90 Å². The van der Waals surface area contributed by atoms with Gasteiger partial charge in [-0.05, 0) is 49.9 Å². The minimum Gasteiger partial charge on any atom is -0.329 e. The zero-order chi connectivity index (χ0) is 12.3. The van der Waals surface area contributed by atoms with Crippen molar-refractivity contribution in [2.45, 2.75) is 38.1 Å². The second kappa shape index (κ2) is 5.65. The molecule has 1 aliphatic rings. The minimum atomic E-state index is 0.364. The Bertz CT molecular complexity index is 340. The first kappa shape index (κ1) is 12.6. The van der Waals surface area contributed by atoms with Crippen LogP contribution in [-0.2, 0) is 0 Å². The van der Waals surface area contributed by atoms with Crippen molar-refractivity contribution in [3.05, 3.63) is 35.4 Å². The predicted octanol–water partition coefficient (Wildman–Crippen LogP) is 2.91. The zero-order valence-corrected chi connectivity index (χ0v) is 11.0. The quantitative estimate of drug-likeness (QED) is 0.817. The van der Waals surface area contributed by atoms with E-state index in [9.17, 15) is 0 Å². The summed E-state index contributed by atoms with van der Waals surface area (Å²) in [6.45, 7) is 4.01.